The van der Waals surface area contributed by atoms with E-state index in [0.29, 0.717) is 5.56 Å². The Morgan fingerprint density at radius 2 is 2.05 bits per heavy atom. The van der Waals surface area contributed by atoms with E-state index >= 15 is 0 Å². The minimum absolute atomic E-state index is 0.0353. The first kappa shape index (κ1) is 16.9. The molecule has 0 radical (unpaired) electrons. The van der Waals surface area contributed by atoms with Crippen molar-refractivity contribution in [2.75, 3.05) is 18.6 Å². The third-order valence-corrected chi connectivity index (χ3v) is 4.42. The van der Waals surface area contributed by atoms with Crippen LogP contribution in [0.3, 0.4) is 0 Å². The molecule has 0 unspecified atom stereocenters. The Morgan fingerprint density at radius 3 is 2.79 bits per heavy atom. The molecule has 5 heteroatoms. The molecule has 1 N–H and O–H groups in total. The monoisotopic (exact) mass is 361 g/mol. The van der Waals surface area contributed by atoms with Gasteiger partial charge in [-0.2, -0.15) is 11.8 Å². The van der Waals surface area contributed by atoms with Gasteiger partial charge in [0, 0.05) is 15.9 Å². The van der Waals surface area contributed by atoms with Crippen LogP contribution in [0.4, 0.5) is 0 Å². The summed E-state index contributed by atoms with van der Waals surface area (Å²) < 4.78 is 0.808. The predicted octanol–water partition coefficient (Wildman–Crippen LogP) is 4.39. The molecule has 0 aliphatic rings. The van der Waals surface area contributed by atoms with Crippen LogP contribution in [-0.4, -0.2) is 24.5 Å². The zero-order valence-corrected chi connectivity index (χ0v) is 14.4. The van der Waals surface area contributed by atoms with Crippen molar-refractivity contribution in [2.24, 2.45) is 0 Å². The molecule has 0 aromatic heterocycles. The van der Waals surface area contributed by atoms with Crippen molar-refractivity contribution in [3.63, 3.8) is 0 Å². The van der Waals surface area contributed by atoms with Gasteiger partial charge in [-0.1, -0.05) is 12.8 Å². The molecule has 0 saturated carbocycles. The smallest absolute Gasteiger partial charge is 0.252 e. The minimum Gasteiger partial charge on any atom is -0.352 e. The second kappa shape index (κ2) is 9.72. The molecule has 2 nitrogen and oxygen atoms in total. The normalized spacial score (nSPS) is 10.5. The van der Waals surface area contributed by atoms with E-state index in [1.54, 1.807) is 6.07 Å². The summed E-state index contributed by atoms with van der Waals surface area (Å²) >= 11 is 9.52. The lowest BCUT2D eigenvalue weighted by atomic mass is 10.2. The number of amides is 1. The topological polar surface area (TPSA) is 29.1 Å². The van der Waals surface area contributed by atoms with E-state index in [1.807, 2.05) is 23.9 Å². The van der Waals surface area contributed by atoms with Gasteiger partial charge in [-0.3, -0.25) is 4.79 Å². The van der Waals surface area contributed by atoms with Crippen LogP contribution in [0.1, 0.15) is 36.0 Å². The van der Waals surface area contributed by atoms with Gasteiger partial charge in [-0.05, 0) is 59.0 Å². The maximum Gasteiger partial charge on any atom is 0.252 e. The van der Waals surface area contributed by atoms with Gasteiger partial charge in [0.1, 0.15) is 0 Å². The molecule has 1 aromatic carbocycles. The largest absolute Gasteiger partial charge is 0.352 e. The quantitative estimate of drug-likeness (QED) is 0.530. The number of benzene rings is 1. The molecule has 0 saturated heterocycles. The Hall–Kier alpha value is -0.130. The zero-order chi connectivity index (χ0) is 14.1. The van der Waals surface area contributed by atoms with Gasteiger partial charge in [0.2, 0.25) is 0 Å². The van der Waals surface area contributed by atoms with Crippen LogP contribution < -0.4 is 5.32 Å². The highest BCUT2D eigenvalue weighted by atomic mass is 79.9. The first-order valence-corrected chi connectivity index (χ1v) is 9.04. The number of unbranched alkanes of at least 4 members (excludes halogenated alkanes) is 3. The van der Waals surface area contributed by atoms with Crippen molar-refractivity contribution >= 4 is 46.2 Å². The first-order valence-electron chi connectivity index (χ1n) is 6.41. The number of nitrogens with one attached hydrogen (secondary N) is 1. The van der Waals surface area contributed by atoms with E-state index in [0.717, 1.165) is 22.3 Å². The van der Waals surface area contributed by atoms with Gasteiger partial charge in [0.15, 0.2) is 0 Å². The standard InChI is InChI=1S/C14H20BrNOS2/c1-19-9-5-3-2-4-8-16-14(17)12-10-11(18)6-7-13(12)15/h6-7,10,18H,2-5,8-9H2,1H3,(H,16,17). The second-order valence-electron chi connectivity index (χ2n) is 4.33. The zero-order valence-electron chi connectivity index (χ0n) is 11.1. The predicted molar refractivity (Wildman–Crippen MR) is 90.6 cm³/mol. The van der Waals surface area contributed by atoms with E-state index in [9.17, 15) is 4.79 Å². The van der Waals surface area contributed by atoms with Gasteiger partial charge in [0.25, 0.3) is 5.91 Å². The molecule has 0 aliphatic carbocycles. The molecular weight excluding hydrogens is 342 g/mol. The Labute approximate surface area is 133 Å². The number of halogens is 1. The van der Waals surface area contributed by atoms with Crippen LogP contribution >= 0.6 is 40.3 Å². The van der Waals surface area contributed by atoms with E-state index < -0.39 is 0 Å². The third-order valence-electron chi connectivity index (χ3n) is 2.76. The minimum atomic E-state index is -0.0353. The van der Waals surface area contributed by atoms with Crippen molar-refractivity contribution in [3.8, 4) is 0 Å². The molecule has 0 heterocycles. The second-order valence-corrected chi connectivity index (χ2v) is 6.68. The van der Waals surface area contributed by atoms with Crippen molar-refractivity contribution in [2.45, 2.75) is 30.6 Å². The highest BCUT2D eigenvalue weighted by molar-refractivity contribution is 9.10. The van der Waals surface area contributed by atoms with Crippen LogP contribution in [0.5, 0.6) is 0 Å². The van der Waals surface area contributed by atoms with Gasteiger partial charge in [-0.15, -0.1) is 12.6 Å². The van der Waals surface area contributed by atoms with E-state index in [-0.39, 0.29) is 5.91 Å². The van der Waals surface area contributed by atoms with Crippen molar-refractivity contribution in [1.82, 2.24) is 5.32 Å². The summed E-state index contributed by atoms with van der Waals surface area (Å²) in [6, 6.07) is 5.48. The van der Waals surface area contributed by atoms with Crippen LogP contribution in [0.15, 0.2) is 27.6 Å². The number of thioether (sulfide) groups is 1. The van der Waals surface area contributed by atoms with Crippen LogP contribution in [0.25, 0.3) is 0 Å². The summed E-state index contributed by atoms with van der Waals surface area (Å²) in [6.45, 7) is 0.737. The summed E-state index contributed by atoms with van der Waals surface area (Å²) in [5.41, 5.74) is 0.648. The molecule has 0 atom stereocenters. The number of carbonyl (C=O) groups excluding carboxylic acids is 1. The molecule has 19 heavy (non-hydrogen) atoms. The van der Waals surface area contributed by atoms with Crippen molar-refractivity contribution < 1.29 is 4.79 Å². The van der Waals surface area contributed by atoms with Gasteiger partial charge in [0.05, 0.1) is 5.56 Å². The van der Waals surface area contributed by atoms with Crippen LogP contribution in [0.2, 0.25) is 0 Å². The molecule has 1 amide bonds. The maximum atomic E-state index is 12.0. The summed E-state index contributed by atoms with van der Waals surface area (Å²) in [4.78, 5) is 12.8. The number of thiol groups is 1. The number of rotatable bonds is 8. The summed E-state index contributed by atoms with van der Waals surface area (Å²) in [7, 11) is 0. The van der Waals surface area contributed by atoms with Crippen molar-refractivity contribution in [1.29, 1.82) is 0 Å². The Bertz CT molecular complexity index is 412. The maximum absolute atomic E-state index is 12.0. The van der Waals surface area contributed by atoms with E-state index in [1.165, 1.54) is 25.0 Å². The summed E-state index contributed by atoms with van der Waals surface area (Å²) in [5.74, 6) is 1.19. The molecule has 106 valence electrons. The van der Waals surface area contributed by atoms with Crippen molar-refractivity contribution in [3.05, 3.63) is 28.2 Å². The fourth-order valence-electron chi connectivity index (χ4n) is 1.71. The molecule has 0 aliphatic heterocycles. The average Bonchev–Trinajstić information content (AvgIpc) is 2.40. The molecule has 1 rings (SSSR count). The third kappa shape index (κ3) is 6.72. The van der Waals surface area contributed by atoms with Crippen LogP contribution in [-0.2, 0) is 0 Å². The lowest BCUT2D eigenvalue weighted by molar-refractivity contribution is 0.0952. The lowest BCUT2D eigenvalue weighted by Crippen LogP contribution is -2.24. The Balaban J connectivity index is 2.26. The fraction of sp³-hybridized carbons (Fsp3) is 0.500. The lowest BCUT2D eigenvalue weighted by Gasteiger charge is -2.07. The van der Waals surface area contributed by atoms with Gasteiger partial charge < -0.3 is 5.32 Å². The summed E-state index contributed by atoms with van der Waals surface area (Å²) in [6.07, 6.45) is 6.86. The van der Waals surface area contributed by atoms with Crippen LogP contribution in [0, 0.1) is 0 Å². The molecule has 0 fully saturated rings. The van der Waals surface area contributed by atoms with Gasteiger partial charge in [-0.25, -0.2) is 0 Å². The summed E-state index contributed by atoms with van der Waals surface area (Å²) in [5, 5.41) is 2.95. The number of hydrogen-bond donors (Lipinski definition) is 2. The average molecular weight is 362 g/mol. The fourth-order valence-corrected chi connectivity index (χ4v) is 2.83. The number of hydrogen-bond acceptors (Lipinski definition) is 3. The molecular formula is C14H20BrNOS2. The Morgan fingerprint density at radius 1 is 1.32 bits per heavy atom. The molecule has 0 spiro atoms. The van der Waals surface area contributed by atoms with E-state index in [4.69, 9.17) is 0 Å². The highest BCUT2D eigenvalue weighted by Crippen LogP contribution is 2.20. The van der Waals surface area contributed by atoms with Gasteiger partial charge >= 0.3 is 0 Å². The van der Waals surface area contributed by atoms with E-state index in [2.05, 4.69) is 40.1 Å². The molecule has 0 bridgehead atoms. The Kier molecular flexibility index (Phi) is 8.66. The SMILES string of the molecule is CSCCCCCCNC(=O)c1cc(S)ccc1Br. The molecule has 1 aromatic rings. The number of carbonyl (C=O) groups is 1. The highest BCUT2D eigenvalue weighted by Gasteiger charge is 2.09. The first-order chi connectivity index (χ1) is 9.15.